The number of hydrogen-bond donors (Lipinski definition) is 1. The highest BCUT2D eigenvalue weighted by Gasteiger charge is 2.31. The molecular formula is C16H19FN2OS. The van der Waals surface area contributed by atoms with Crippen LogP contribution in [0.15, 0.2) is 30.3 Å². The minimum absolute atomic E-state index is 0.205. The predicted molar refractivity (Wildman–Crippen MR) is 86.5 cm³/mol. The van der Waals surface area contributed by atoms with Crippen LogP contribution in [0.5, 0.6) is 0 Å². The third-order valence-corrected chi connectivity index (χ3v) is 5.50. The van der Waals surface area contributed by atoms with Crippen molar-refractivity contribution in [2.45, 2.75) is 17.6 Å². The Hall–Kier alpha value is -1.33. The number of halogens is 1. The Morgan fingerprint density at radius 3 is 2.81 bits per heavy atom. The first kappa shape index (κ1) is 14.6. The molecule has 3 rings (SSSR count). The highest BCUT2D eigenvalue weighted by atomic mass is 32.2. The maximum atomic E-state index is 13.3. The van der Waals surface area contributed by atoms with E-state index in [1.54, 1.807) is 6.07 Å². The summed E-state index contributed by atoms with van der Waals surface area (Å²) in [6.07, 6.45) is 4.24. The van der Waals surface area contributed by atoms with Crippen LogP contribution in [0.25, 0.3) is 10.9 Å². The van der Waals surface area contributed by atoms with Crippen LogP contribution < -0.4 is 5.32 Å². The third-order valence-electron chi connectivity index (χ3n) is 4.08. The summed E-state index contributed by atoms with van der Waals surface area (Å²) in [5.74, 6) is 0.546. The summed E-state index contributed by atoms with van der Waals surface area (Å²) in [6, 6.07) is 8.61. The number of nitrogens with one attached hydrogen (secondary N) is 1. The number of aromatic nitrogens is 1. The van der Waals surface area contributed by atoms with E-state index in [-0.39, 0.29) is 10.6 Å². The maximum absolute atomic E-state index is 13.3. The number of fused-ring (bicyclic) bond motifs is 1. The molecule has 1 N–H and O–H groups in total. The highest BCUT2D eigenvalue weighted by Crippen LogP contribution is 2.33. The lowest BCUT2D eigenvalue weighted by atomic mass is 9.99. The van der Waals surface area contributed by atoms with Crippen molar-refractivity contribution in [1.82, 2.24) is 4.98 Å². The zero-order valence-corrected chi connectivity index (χ0v) is 12.9. The van der Waals surface area contributed by atoms with Gasteiger partial charge in [-0.3, -0.25) is 0 Å². The van der Waals surface area contributed by atoms with Crippen LogP contribution in [0.1, 0.15) is 12.8 Å². The number of anilines is 1. The van der Waals surface area contributed by atoms with Gasteiger partial charge in [0, 0.05) is 36.0 Å². The number of nitrogens with zero attached hydrogens (tertiary/aromatic N) is 1. The molecule has 0 amide bonds. The Morgan fingerprint density at radius 2 is 2.05 bits per heavy atom. The Kier molecular flexibility index (Phi) is 4.31. The van der Waals surface area contributed by atoms with Crippen molar-refractivity contribution < 1.29 is 9.13 Å². The summed E-state index contributed by atoms with van der Waals surface area (Å²) in [7, 11) is 0. The van der Waals surface area contributed by atoms with Gasteiger partial charge in [0.2, 0.25) is 0 Å². The molecule has 3 nitrogen and oxygen atoms in total. The van der Waals surface area contributed by atoms with Crippen molar-refractivity contribution in [2.24, 2.45) is 0 Å². The first-order valence-corrected chi connectivity index (χ1v) is 8.36. The molecule has 0 aliphatic carbocycles. The number of ether oxygens (including phenoxy) is 1. The lowest BCUT2D eigenvalue weighted by molar-refractivity contribution is 0.0802. The molecule has 21 heavy (non-hydrogen) atoms. The average molecular weight is 306 g/mol. The van der Waals surface area contributed by atoms with Crippen LogP contribution in [0.4, 0.5) is 10.2 Å². The van der Waals surface area contributed by atoms with Crippen molar-refractivity contribution in [3.63, 3.8) is 0 Å². The van der Waals surface area contributed by atoms with Gasteiger partial charge in [-0.1, -0.05) is 0 Å². The normalized spacial score (nSPS) is 17.8. The van der Waals surface area contributed by atoms with Crippen molar-refractivity contribution in [3.05, 3.63) is 36.1 Å². The SMILES string of the molecule is CSC1(CNc2ccc3ccc(F)cc3n2)CCOCC1. The quantitative estimate of drug-likeness (QED) is 0.934. The third kappa shape index (κ3) is 3.30. The molecule has 0 unspecified atom stereocenters. The minimum atomic E-state index is -0.253. The van der Waals surface area contributed by atoms with E-state index in [1.165, 1.54) is 12.1 Å². The number of hydrogen-bond acceptors (Lipinski definition) is 4. The first-order valence-electron chi connectivity index (χ1n) is 7.14. The number of pyridine rings is 1. The predicted octanol–water partition coefficient (Wildman–Crippen LogP) is 3.70. The van der Waals surface area contributed by atoms with Crippen LogP contribution in [0.2, 0.25) is 0 Å². The van der Waals surface area contributed by atoms with E-state index < -0.39 is 0 Å². The molecule has 2 aromatic rings. The molecule has 1 aliphatic heterocycles. The van der Waals surface area contributed by atoms with Gasteiger partial charge in [0.1, 0.15) is 11.6 Å². The first-order chi connectivity index (χ1) is 10.2. The van der Waals surface area contributed by atoms with Crippen LogP contribution >= 0.6 is 11.8 Å². The summed E-state index contributed by atoms with van der Waals surface area (Å²) in [5, 5.41) is 4.36. The Labute approximate surface area is 128 Å². The van der Waals surface area contributed by atoms with Gasteiger partial charge >= 0.3 is 0 Å². The summed E-state index contributed by atoms with van der Waals surface area (Å²) < 4.78 is 18.9. The van der Waals surface area contributed by atoms with Crippen LogP contribution in [0, 0.1) is 5.82 Å². The summed E-state index contributed by atoms with van der Waals surface area (Å²) in [5.41, 5.74) is 0.685. The lowest BCUT2D eigenvalue weighted by Gasteiger charge is -2.35. The topological polar surface area (TPSA) is 34.2 Å². The van der Waals surface area contributed by atoms with E-state index in [0.717, 1.165) is 43.8 Å². The number of thioether (sulfide) groups is 1. The van der Waals surface area contributed by atoms with Crippen molar-refractivity contribution in [3.8, 4) is 0 Å². The molecule has 1 fully saturated rings. The number of rotatable bonds is 4. The zero-order chi connectivity index (χ0) is 14.7. The van der Waals surface area contributed by atoms with E-state index in [4.69, 9.17) is 4.74 Å². The second-order valence-corrected chi connectivity index (χ2v) is 6.66. The molecule has 2 heterocycles. The Morgan fingerprint density at radius 1 is 1.29 bits per heavy atom. The second-order valence-electron chi connectivity index (χ2n) is 5.39. The largest absolute Gasteiger partial charge is 0.381 e. The van der Waals surface area contributed by atoms with Gasteiger partial charge in [-0.05, 0) is 43.4 Å². The summed E-state index contributed by atoms with van der Waals surface area (Å²) in [4.78, 5) is 4.49. The zero-order valence-electron chi connectivity index (χ0n) is 12.1. The van der Waals surface area contributed by atoms with Crippen LogP contribution in [-0.2, 0) is 4.74 Å². The molecule has 5 heteroatoms. The Balaban J connectivity index is 1.75. The van der Waals surface area contributed by atoms with E-state index in [9.17, 15) is 4.39 Å². The molecule has 0 spiro atoms. The van der Waals surface area contributed by atoms with Crippen LogP contribution in [0.3, 0.4) is 0 Å². The lowest BCUT2D eigenvalue weighted by Crippen LogP contribution is -2.39. The van der Waals surface area contributed by atoms with E-state index in [2.05, 4.69) is 16.6 Å². The molecule has 0 atom stereocenters. The van der Waals surface area contributed by atoms with E-state index in [1.807, 2.05) is 23.9 Å². The van der Waals surface area contributed by atoms with Gasteiger partial charge in [0.25, 0.3) is 0 Å². The monoisotopic (exact) mass is 306 g/mol. The fraction of sp³-hybridized carbons (Fsp3) is 0.438. The fourth-order valence-corrected chi connectivity index (χ4v) is 3.43. The van der Waals surface area contributed by atoms with Crippen LogP contribution in [-0.4, -0.2) is 35.7 Å². The standard InChI is InChI=1S/C16H19FN2OS/c1-21-16(6-8-20-9-7-16)11-18-15-5-3-12-2-4-13(17)10-14(12)19-15/h2-5,10H,6-9,11H2,1H3,(H,18,19). The summed E-state index contributed by atoms with van der Waals surface area (Å²) in [6.45, 7) is 2.49. The Bertz CT molecular complexity index is 629. The second kappa shape index (κ2) is 6.20. The van der Waals surface area contributed by atoms with E-state index >= 15 is 0 Å². The average Bonchev–Trinajstić information content (AvgIpc) is 2.53. The highest BCUT2D eigenvalue weighted by molar-refractivity contribution is 8.00. The number of benzene rings is 1. The van der Waals surface area contributed by atoms with Gasteiger partial charge in [-0.25, -0.2) is 9.37 Å². The van der Waals surface area contributed by atoms with Gasteiger partial charge in [-0.2, -0.15) is 11.8 Å². The fourth-order valence-electron chi connectivity index (χ4n) is 2.64. The molecule has 1 aromatic carbocycles. The molecule has 1 aliphatic rings. The van der Waals surface area contributed by atoms with Crippen molar-refractivity contribution in [2.75, 3.05) is 31.3 Å². The van der Waals surface area contributed by atoms with Gasteiger partial charge in [-0.15, -0.1) is 0 Å². The molecule has 1 saturated heterocycles. The molecule has 0 bridgehead atoms. The summed E-state index contributed by atoms with van der Waals surface area (Å²) >= 11 is 1.89. The van der Waals surface area contributed by atoms with Gasteiger partial charge < -0.3 is 10.1 Å². The van der Waals surface area contributed by atoms with Crippen molar-refractivity contribution >= 4 is 28.5 Å². The van der Waals surface area contributed by atoms with Gasteiger partial charge in [0.05, 0.1) is 5.52 Å². The molecule has 112 valence electrons. The van der Waals surface area contributed by atoms with Crippen molar-refractivity contribution in [1.29, 1.82) is 0 Å². The molecule has 1 aromatic heterocycles. The van der Waals surface area contributed by atoms with Gasteiger partial charge in [0.15, 0.2) is 0 Å². The molecule has 0 radical (unpaired) electrons. The maximum Gasteiger partial charge on any atom is 0.126 e. The smallest absolute Gasteiger partial charge is 0.126 e. The molecular weight excluding hydrogens is 287 g/mol. The van der Waals surface area contributed by atoms with E-state index in [0.29, 0.717) is 5.52 Å². The minimum Gasteiger partial charge on any atom is -0.381 e. The molecule has 0 saturated carbocycles.